The lowest BCUT2D eigenvalue weighted by Crippen LogP contribution is -2.32. The first-order chi connectivity index (χ1) is 14.2. The maximum absolute atomic E-state index is 12.9. The van der Waals surface area contributed by atoms with Crippen molar-refractivity contribution < 1.29 is 9.32 Å². The monoisotopic (exact) mass is 381 g/mol. The minimum atomic E-state index is -0.301. The van der Waals surface area contributed by atoms with Gasteiger partial charge in [0.05, 0.1) is 6.04 Å². The van der Waals surface area contributed by atoms with Crippen LogP contribution in [0.5, 0.6) is 0 Å². The predicted molar refractivity (Wildman–Crippen MR) is 113 cm³/mol. The molecule has 0 saturated heterocycles. The van der Waals surface area contributed by atoms with Gasteiger partial charge in [-0.15, -0.1) is 0 Å². The van der Waals surface area contributed by atoms with Crippen molar-refractivity contribution in [2.24, 2.45) is 0 Å². The van der Waals surface area contributed by atoms with Crippen molar-refractivity contribution in [1.82, 2.24) is 10.5 Å². The second kappa shape index (κ2) is 6.95. The van der Waals surface area contributed by atoms with Crippen molar-refractivity contribution >= 4 is 11.7 Å². The van der Waals surface area contributed by atoms with Gasteiger partial charge in [-0.25, -0.2) is 4.79 Å². The lowest BCUT2D eigenvalue weighted by molar-refractivity contribution is 0.250. The van der Waals surface area contributed by atoms with Gasteiger partial charge in [0.1, 0.15) is 11.4 Å². The average molecular weight is 381 g/mol. The molecule has 0 aliphatic heterocycles. The third kappa shape index (κ3) is 2.97. The van der Waals surface area contributed by atoms with E-state index >= 15 is 0 Å². The van der Waals surface area contributed by atoms with E-state index in [4.69, 9.17) is 4.52 Å². The van der Waals surface area contributed by atoms with E-state index in [0.717, 1.165) is 27.8 Å². The maximum atomic E-state index is 12.9. The number of hydrogen-bond donors (Lipinski definition) is 2. The van der Waals surface area contributed by atoms with Crippen LogP contribution in [-0.4, -0.2) is 11.2 Å². The molecule has 1 aromatic heterocycles. The zero-order valence-corrected chi connectivity index (χ0v) is 15.8. The summed E-state index contributed by atoms with van der Waals surface area (Å²) in [6.07, 6.45) is 0. The Kier molecular flexibility index (Phi) is 4.13. The van der Waals surface area contributed by atoms with E-state index in [1.807, 2.05) is 54.6 Å². The zero-order valence-electron chi connectivity index (χ0n) is 15.8. The number of amides is 2. The number of carbonyl (C=O) groups excluding carboxylic acids is 1. The van der Waals surface area contributed by atoms with Crippen molar-refractivity contribution in [3.05, 3.63) is 95.7 Å². The molecule has 0 radical (unpaired) electrons. The first-order valence-corrected chi connectivity index (χ1v) is 9.50. The molecule has 4 aromatic rings. The van der Waals surface area contributed by atoms with Gasteiger partial charge in [0, 0.05) is 5.56 Å². The molecule has 2 N–H and O–H groups in total. The molecule has 0 saturated carbocycles. The second-order valence-corrected chi connectivity index (χ2v) is 7.03. The van der Waals surface area contributed by atoms with Crippen molar-refractivity contribution in [3.63, 3.8) is 0 Å². The highest BCUT2D eigenvalue weighted by molar-refractivity contribution is 5.95. The van der Waals surface area contributed by atoms with E-state index in [2.05, 4.69) is 40.1 Å². The minimum Gasteiger partial charge on any atom is -0.359 e. The lowest BCUT2D eigenvalue weighted by Gasteiger charge is -2.16. The predicted octanol–water partition coefficient (Wildman–Crippen LogP) is 5.54. The normalized spacial score (nSPS) is 12.3. The fourth-order valence-electron chi connectivity index (χ4n) is 3.90. The maximum Gasteiger partial charge on any atom is 0.320 e. The summed E-state index contributed by atoms with van der Waals surface area (Å²) >= 11 is 0. The van der Waals surface area contributed by atoms with E-state index in [1.54, 1.807) is 6.92 Å². The number of anilines is 1. The third-order valence-electron chi connectivity index (χ3n) is 5.26. The quantitative estimate of drug-likeness (QED) is 0.489. The summed E-state index contributed by atoms with van der Waals surface area (Å²) in [7, 11) is 0. The molecule has 0 fully saturated rings. The van der Waals surface area contributed by atoms with Crippen molar-refractivity contribution in [2.45, 2.75) is 13.0 Å². The number of aryl methyl sites for hydroxylation is 1. The molecule has 1 aliphatic carbocycles. The van der Waals surface area contributed by atoms with Crippen LogP contribution in [0.3, 0.4) is 0 Å². The van der Waals surface area contributed by atoms with E-state index in [9.17, 15) is 4.79 Å². The number of nitrogens with zero attached hydrogens (tertiary/aromatic N) is 1. The van der Waals surface area contributed by atoms with Gasteiger partial charge in [0.25, 0.3) is 0 Å². The molecule has 5 rings (SSSR count). The molecule has 2 amide bonds. The molecular formula is C24H19N3O2. The molecule has 3 aromatic carbocycles. The van der Waals surface area contributed by atoms with Gasteiger partial charge >= 0.3 is 6.03 Å². The Balaban J connectivity index is 1.44. The SMILES string of the molecule is Cc1onc(-c2ccccc2)c1NC(=O)NC1c2ccccc2-c2ccccc21. The Hall–Kier alpha value is -3.86. The smallest absolute Gasteiger partial charge is 0.320 e. The van der Waals surface area contributed by atoms with Crippen molar-refractivity contribution in [2.75, 3.05) is 5.32 Å². The number of hydrogen-bond acceptors (Lipinski definition) is 3. The average Bonchev–Trinajstić information content (AvgIpc) is 3.27. The van der Waals surface area contributed by atoms with Crippen LogP contribution >= 0.6 is 0 Å². The van der Waals surface area contributed by atoms with E-state index < -0.39 is 0 Å². The van der Waals surface area contributed by atoms with E-state index in [0.29, 0.717) is 17.1 Å². The van der Waals surface area contributed by atoms with Crippen LogP contribution in [-0.2, 0) is 0 Å². The summed E-state index contributed by atoms with van der Waals surface area (Å²) in [5, 5.41) is 10.2. The summed E-state index contributed by atoms with van der Waals surface area (Å²) in [4.78, 5) is 12.9. The summed E-state index contributed by atoms with van der Waals surface area (Å²) in [5.41, 5.74) is 6.57. The van der Waals surface area contributed by atoms with Crippen LogP contribution in [0.4, 0.5) is 10.5 Å². The fourth-order valence-corrected chi connectivity index (χ4v) is 3.90. The van der Waals surface area contributed by atoms with Gasteiger partial charge in [-0.05, 0) is 29.2 Å². The van der Waals surface area contributed by atoms with Gasteiger partial charge < -0.3 is 15.2 Å². The molecule has 5 heteroatoms. The van der Waals surface area contributed by atoms with Crippen LogP contribution < -0.4 is 10.6 Å². The highest BCUT2D eigenvalue weighted by atomic mass is 16.5. The molecule has 1 heterocycles. The number of aromatic nitrogens is 1. The number of urea groups is 1. The van der Waals surface area contributed by atoms with Gasteiger partial charge in [0.15, 0.2) is 5.76 Å². The molecule has 0 spiro atoms. The first kappa shape index (κ1) is 17.3. The Bertz CT molecular complexity index is 1150. The van der Waals surface area contributed by atoms with Gasteiger partial charge in [-0.3, -0.25) is 0 Å². The molecular weight excluding hydrogens is 362 g/mol. The minimum absolute atomic E-state index is 0.206. The zero-order chi connectivity index (χ0) is 19.8. The Labute approximate surface area is 168 Å². The molecule has 142 valence electrons. The van der Waals surface area contributed by atoms with Gasteiger partial charge in [0.2, 0.25) is 0 Å². The molecule has 1 aliphatic rings. The number of fused-ring (bicyclic) bond motifs is 3. The highest BCUT2D eigenvalue weighted by Gasteiger charge is 2.29. The molecule has 0 unspecified atom stereocenters. The van der Waals surface area contributed by atoms with Gasteiger partial charge in [-0.1, -0.05) is 84.0 Å². The highest BCUT2D eigenvalue weighted by Crippen LogP contribution is 2.43. The van der Waals surface area contributed by atoms with Crippen molar-refractivity contribution in [3.8, 4) is 22.4 Å². The number of benzene rings is 3. The third-order valence-corrected chi connectivity index (χ3v) is 5.26. The fraction of sp³-hybridized carbons (Fsp3) is 0.0833. The standard InChI is InChI=1S/C24H19N3O2/c1-15-21(22(27-29-15)16-9-3-2-4-10-16)25-24(28)26-23-19-13-7-5-11-17(19)18-12-6-8-14-20(18)23/h2-14,23H,1H3,(H2,25,26,28). The van der Waals surface area contributed by atoms with Crippen LogP contribution in [0.25, 0.3) is 22.4 Å². The summed E-state index contributed by atoms with van der Waals surface area (Å²) in [6.45, 7) is 1.79. The van der Waals surface area contributed by atoms with Crippen LogP contribution in [0.2, 0.25) is 0 Å². The molecule has 29 heavy (non-hydrogen) atoms. The van der Waals surface area contributed by atoms with Crippen LogP contribution in [0.15, 0.2) is 83.4 Å². The summed E-state index contributed by atoms with van der Waals surface area (Å²) in [6, 6.07) is 25.5. The molecule has 0 bridgehead atoms. The van der Waals surface area contributed by atoms with E-state index in [-0.39, 0.29) is 12.1 Å². The first-order valence-electron chi connectivity index (χ1n) is 9.50. The van der Waals surface area contributed by atoms with Crippen molar-refractivity contribution in [1.29, 1.82) is 0 Å². The largest absolute Gasteiger partial charge is 0.359 e. The Morgan fingerprint density at radius 3 is 2.10 bits per heavy atom. The van der Waals surface area contributed by atoms with Crippen LogP contribution in [0.1, 0.15) is 22.9 Å². The Morgan fingerprint density at radius 1 is 0.862 bits per heavy atom. The second-order valence-electron chi connectivity index (χ2n) is 7.03. The Morgan fingerprint density at radius 2 is 1.45 bits per heavy atom. The molecule has 5 nitrogen and oxygen atoms in total. The number of nitrogens with one attached hydrogen (secondary N) is 2. The van der Waals surface area contributed by atoms with Gasteiger partial charge in [-0.2, -0.15) is 0 Å². The topological polar surface area (TPSA) is 67.2 Å². The van der Waals surface area contributed by atoms with E-state index in [1.165, 1.54) is 0 Å². The van der Waals surface area contributed by atoms with Crippen LogP contribution in [0, 0.1) is 6.92 Å². The number of rotatable bonds is 3. The molecule has 0 atom stereocenters. The number of carbonyl (C=O) groups is 1. The lowest BCUT2D eigenvalue weighted by atomic mass is 10.1. The summed E-state index contributed by atoms with van der Waals surface area (Å²) in [5.74, 6) is 0.561. The summed E-state index contributed by atoms with van der Waals surface area (Å²) < 4.78 is 5.34.